The Morgan fingerprint density at radius 1 is 1.10 bits per heavy atom. The summed E-state index contributed by atoms with van der Waals surface area (Å²) in [6.07, 6.45) is 0. The number of nitrogens with one attached hydrogen (secondary N) is 1. The first-order valence-corrected chi connectivity index (χ1v) is 7.23. The Balaban J connectivity index is 2.47. The average molecular weight is 335 g/mol. The topological polar surface area (TPSA) is 47.3 Å². The predicted octanol–water partition coefficient (Wildman–Crippen LogP) is 3.63. The SMILES string of the molecule is COc1ccc(C(NN)c2ccc(C)cc2Br)c(C)c1. The Kier molecular flexibility index (Phi) is 4.81. The molecule has 2 aromatic rings. The van der Waals surface area contributed by atoms with Crippen molar-refractivity contribution in [1.29, 1.82) is 0 Å². The fraction of sp³-hybridized carbons (Fsp3) is 0.250. The molecule has 0 saturated heterocycles. The molecule has 2 aromatic carbocycles. The summed E-state index contributed by atoms with van der Waals surface area (Å²) in [5, 5.41) is 0. The molecule has 0 amide bonds. The van der Waals surface area contributed by atoms with Gasteiger partial charge < -0.3 is 4.74 Å². The highest BCUT2D eigenvalue weighted by atomic mass is 79.9. The van der Waals surface area contributed by atoms with Crippen LogP contribution in [0.25, 0.3) is 0 Å². The number of halogens is 1. The van der Waals surface area contributed by atoms with Crippen LogP contribution >= 0.6 is 15.9 Å². The van der Waals surface area contributed by atoms with E-state index in [1.54, 1.807) is 7.11 Å². The van der Waals surface area contributed by atoms with Gasteiger partial charge in [0, 0.05) is 4.47 Å². The molecule has 0 aromatic heterocycles. The van der Waals surface area contributed by atoms with Gasteiger partial charge in [-0.1, -0.05) is 34.1 Å². The van der Waals surface area contributed by atoms with Crippen molar-refractivity contribution in [2.45, 2.75) is 19.9 Å². The van der Waals surface area contributed by atoms with Gasteiger partial charge in [-0.15, -0.1) is 0 Å². The molecule has 20 heavy (non-hydrogen) atoms. The Labute approximate surface area is 128 Å². The summed E-state index contributed by atoms with van der Waals surface area (Å²) in [6, 6.07) is 12.2. The number of nitrogens with two attached hydrogens (primary N) is 1. The first kappa shape index (κ1) is 15.0. The van der Waals surface area contributed by atoms with E-state index >= 15 is 0 Å². The van der Waals surface area contributed by atoms with Gasteiger partial charge in [-0.2, -0.15) is 0 Å². The maximum atomic E-state index is 5.78. The number of hydrazine groups is 1. The maximum Gasteiger partial charge on any atom is 0.119 e. The molecule has 0 aliphatic heterocycles. The first-order chi connectivity index (χ1) is 9.56. The molecular formula is C16H19BrN2O. The van der Waals surface area contributed by atoms with Crippen LogP contribution in [0.5, 0.6) is 5.75 Å². The highest BCUT2D eigenvalue weighted by Crippen LogP contribution is 2.31. The third-order valence-electron chi connectivity index (χ3n) is 3.42. The van der Waals surface area contributed by atoms with E-state index in [4.69, 9.17) is 10.6 Å². The number of hydrogen-bond acceptors (Lipinski definition) is 3. The van der Waals surface area contributed by atoms with Crippen molar-refractivity contribution in [3.63, 3.8) is 0 Å². The van der Waals surface area contributed by atoms with Crippen molar-refractivity contribution in [1.82, 2.24) is 5.43 Å². The zero-order valence-electron chi connectivity index (χ0n) is 11.9. The zero-order chi connectivity index (χ0) is 14.7. The van der Waals surface area contributed by atoms with Gasteiger partial charge in [0.05, 0.1) is 13.2 Å². The highest BCUT2D eigenvalue weighted by Gasteiger charge is 2.17. The standard InChI is InChI=1S/C16H19BrN2O/c1-10-4-6-14(15(17)8-10)16(19-18)13-7-5-12(20-3)9-11(13)2/h4-9,16,19H,18H2,1-3H3. The molecule has 0 saturated carbocycles. The molecule has 2 rings (SSSR count). The van der Waals surface area contributed by atoms with Crippen molar-refractivity contribution in [2.24, 2.45) is 5.84 Å². The summed E-state index contributed by atoms with van der Waals surface area (Å²) < 4.78 is 6.30. The lowest BCUT2D eigenvalue weighted by Gasteiger charge is -2.21. The maximum absolute atomic E-state index is 5.78. The number of aryl methyl sites for hydroxylation is 2. The third-order valence-corrected chi connectivity index (χ3v) is 4.11. The summed E-state index contributed by atoms with van der Waals surface area (Å²) in [5.41, 5.74) is 7.51. The Bertz CT molecular complexity index is 613. The van der Waals surface area contributed by atoms with Crippen LogP contribution < -0.4 is 16.0 Å². The summed E-state index contributed by atoms with van der Waals surface area (Å²) >= 11 is 3.62. The zero-order valence-corrected chi connectivity index (χ0v) is 13.5. The lowest BCUT2D eigenvalue weighted by Crippen LogP contribution is -2.29. The molecule has 4 heteroatoms. The van der Waals surface area contributed by atoms with Gasteiger partial charge in [0.25, 0.3) is 0 Å². The van der Waals surface area contributed by atoms with Gasteiger partial charge in [0.1, 0.15) is 5.75 Å². The molecule has 0 bridgehead atoms. The number of benzene rings is 2. The molecule has 0 spiro atoms. The number of rotatable bonds is 4. The molecule has 0 fully saturated rings. The largest absolute Gasteiger partial charge is 0.497 e. The quantitative estimate of drug-likeness (QED) is 0.663. The Hall–Kier alpha value is -1.36. The van der Waals surface area contributed by atoms with Crippen molar-refractivity contribution in [3.8, 4) is 5.75 Å². The number of ether oxygens (including phenoxy) is 1. The molecular weight excluding hydrogens is 316 g/mol. The van der Waals surface area contributed by atoms with E-state index in [1.807, 2.05) is 18.2 Å². The van der Waals surface area contributed by atoms with Crippen LogP contribution in [0.4, 0.5) is 0 Å². The van der Waals surface area contributed by atoms with Crippen LogP contribution in [0.1, 0.15) is 28.3 Å². The second-order valence-electron chi connectivity index (χ2n) is 4.85. The van der Waals surface area contributed by atoms with Crippen molar-refractivity contribution >= 4 is 15.9 Å². The van der Waals surface area contributed by atoms with Crippen LogP contribution in [0.2, 0.25) is 0 Å². The van der Waals surface area contributed by atoms with Crippen LogP contribution in [-0.2, 0) is 0 Å². The molecule has 0 aliphatic rings. The van der Waals surface area contributed by atoms with Gasteiger partial charge in [-0.3, -0.25) is 5.84 Å². The first-order valence-electron chi connectivity index (χ1n) is 6.43. The second kappa shape index (κ2) is 6.39. The Morgan fingerprint density at radius 3 is 2.35 bits per heavy atom. The lowest BCUT2D eigenvalue weighted by atomic mass is 9.95. The summed E-state index contributed by atoms with van der Waals surface area (Å²) in [7, 11) is 1.67. The van der Waals surface area contributed by atoms with Gasteiger partial charge in [0.2, 0.25) is 0 Å². The van der Waals surface area contributed by atoms with Gasteiger partial charge in [0.15, 0.2) is 0 Å². The summed E-state index contributed by atoms with van der Waals surface area (Å²) in [5.74, 6) is 6.63. The van der Waals surface area contributed by atoms with Crippen molar-refractivity contribution < 1.29 is 4.74 Å². The monoisotopic (exact) mass is 334 g/mol. The van der Waals surface area contributed by atoms with Crippen LogP contribution in [-0.4, -0.2) is 7.11 Å². The molecule has 3 N–H and O–H groups in total. The van der Waals surface area contributed by atoms with Crippen LogP contribution in [0, 0.1) is 13.8 Å². The fourth-order valence-electron chi connectivity index (χ4n) is 2.31. The van der Waals surface area contributed by atoms with Crippen molar-refractivity contribution in [3.05, 3.63) is 63.1 Å². The van der Waals surface area contributed by atoms with Crippen LogP contribution in [0.15, 0.2) is 40.9 Å². The summed E-state index contributed by atoms with van der Waals surface area (Å²) in [6.45, 7) is 4.13. The van der Waals surface area contributed by atoms with E-state index in [2.05, 4.69) is 53.4 Å². The number of hydrogen-bond donors (Lipinski definition) is 2. The van der Waals surface area contributed by atoms with Gasteiger partial charge >= 0.3 is 0 Å². The van der Waals surface area contributed by atoms with E-state index in [1.165, 1.54) is 5.56 Å². The Morgan fingerprint density at radius 2 is 1.80 bits per heavy atom. The molecule has 1 atom stereocenters. The van der Waals surface area contributed by atoms with E-state index < -0.39 is 0 Å². The second-order valence-corrected chi connectivity index (χ2v) is 5.70. The fourth-order valence-corrected chi connectivity index (χ4v) is 3.03. The summed E-state index contributed by atoms with van der Waals surface area (Å²) in [4.78, 5) is 0. The lowest BCUT2D eigenvalue weighted by molar-refractivity contribution is 0.414. The molecule has 0 aliphatic carbocycles. The number of methoxy groups -OCH3 is 1. The molecule has 106 valence electrons. The minimum absolute atomic E-state index is 0.0594. The van der Waals surface area contributed by atoms with E-state index in [0.717, 1.165) is 26.9 Å². The van der Waals surface area contributed by atoms with Crippen molar-refractivity contribution in [2.75, 3.05) is 7.11 Å². The average Bonchev–Trinajstić information content (AvgIpc) is 2.43. The smallest absolute Gasteiger partial charge is 0.119 e. The van der Waals surface area contributed by atoms with Gasteiger partial charge in [-0.25, -0.2) is 5.43 Å². The minimum Gasteiger partial charge on any atom is -0.497 e. The normalized spacial score (nSPS) is 12.2. The van der Waals surface area contributed by atoms with E-state index in [0.29, 0.717) is 0 Å². The van der Waals surface area contributed by atoms with E-state index in [-0.39, 0.29) is 6.04 Å². The molecule has 0 radical (unpaired) electrons. The predicted molar refractivity (Wildman–Crippen MR) is 85.8 cm³/mol. The molecule has 0 heterocycles. The minimum atomic E-state index is -0.0594. The highest BCUT2D eigenvalue weighted by molar-refractivity contribution is 9.10. The van der Waals surface area contributed by atoms with E-state index in [9.17, 15) is 0 Å². The molecule has 3 nitrogen and oxygen atoms in total. The van der Waals surface area contributed by atoms with Crippen LogP contribution in [0.3, 0.4) is 0 Å². The molecule has 1 unspecified atom stereocenters. The van der Waals surface area contributed by atoms with Gasteiger partial charge in [-0.05, 0) is 54.3 Å². The third kappa shape index (κ3) is 3.03.